The van der Waals surface area contributed by atoms with Crippen molar-refractivity contribution in [3.63, 3.8) is 0 Å². The van der Waals surface area contributed by atoms with E-state index in [2.05, 4.69) is 54.5 Å². The maximum Gasteiger partial charge on any atom is 0.0355 e. The van der Waals surface area contributed by atoms with Gasteiger partial charge < -0.3 is 10.2 Å². The van der Waals surface area contributed by atoms with Gasteiger partial charge in [-0.1, -0.05) is 37.3 Å². The Morgan fingerprint density at radius 3 is 2.41 bits per heavy atom. The van der Waals surface area contributed by atoms with Crippen molar-refractivity contribution in [2.45, 2.75) is 25.8 Å². The molecule has 2 heteroatoms. The van der Waals surface area contributed by atoms with Gasteiger partial charge in [0.2, 0.25) is 0 Å². The van der Waals surface area contributed by atoms with E-state index in [0.717, 1.165) is 0 Å². The molecule has 2 atom stereocenters. The molecule has 0 amide bonds. The van der Waals surface area contributed by atoms with Crippen LogP contribution in [0.2, 0.25) is 0 Å². The van der Waals surface area contributed by atoms with Crippen molar-refractivity contribution in [1.82, 2.24) is 10.2 Å². The molecule has 1 fully saturated rings. The summed E-state index contributed by atoms with van der Waals surface area (Å²) >= 11 is 0. The first kappa shape index (κ1) is 12.6. The Morgan fingerprint density at radius 2 is 1.82 bits per heavy atom. The molecule has 0 saturated carbocycles. The normalized spacial score (nSPS) is 20.4. The van der Waals surface area contributed by atoms with Gasteiger partial charge in [-0.2, -0.15) is 0 Å². The zero-order valence-corrected chi connectivity index (χ0v) is 11.0. The van der Waals surface area contributed by atoms with Crippen molar-refractivity contribution in [3.05, 3.63) is 35.9 Å². The molecular formula is C15H24N2. The first-order valence-electron chi connectivity index (χ1n) is 6.76. The molecule has 2 nitrogen and oxygen atoms in total. The Bertz CT molecular complexity index is 317. The fourth-order valence-corrected chi connectivity index (χ4v) is 2.92. The minimum Gasteiger partial charge on any atom is -0.313 e. The molecule has 1 aliphatic rings. The third-order valence-electron chi connectivity index (χ3n) is 3.78. The van der Waals surface area contributed by atoms with Crippen LogP contribution in [0.5, 0.6) is 0 Å². The summed E-state index contributed by atoms with van der Waals surface area (Å²) in [6.45, 7) is 6.14. The number of nitrogens with zero attached hydrogens (tertiary/aromatic N) is 1. The van der Waals surface area contributed by atoms with Crippen molar-refractivity contribution in [3.8, 4) is 0 Å². The zero-order chi connectivity index (χ0) is 12.1. The van der Waals surface area contributed by atoms with Crippen molar-refractivity contribution < 1.29 is 0 Å². The van der Waals surface area contributed by atoms with Crippen LogP contribution in [0.25, 0.3) is 0 Å². The highest BCUT2D eigenvalue weighted by molar-refractivity contribution is 5.19. The number of hydrogen-bond acceptors (Lipinski definition) is 2. The molecule has 0 bridgehead atoms. The van der Waals surface area contributed by atoms with E-state index < -0.39 is 0 Å². The molecule has 94 valence electrons. The highest BCUT2D eigenvalue weighted by Crippen LogP contribution is 2.23. The number of rotatable bonds is 5. The van der Waals surface area contributed by atoms with E-state index in [4.69, 9.17) is 0 Å². The van der Waals surface area contributed by atoms with E-state index in [1.807, 2.05) is 0 Å². The van der Waals surface area contributed by atoms with Gasteiger partial charge in [0.05, 0.1) is 0 Å². The Balaban J connectivity index is 1.97. The third-order valence-corrected chi connectivity index (χ3v) is 3.78. The molecular weight excluding hydrogens is 208 g/mol. The summed E-state index contributed by atoms with van der Waals surface area (Å²) in [5.74, 6) is 0.653. The van der Waals surface area contributed by atoms with Crippen LogP contribution in [-0.4, -0.2) is 31.6 Å². The van der Waals surface area contributed by atoms with Crippen LogP contribution in [0.3, 0.4) is 0 Å². The summed E-state index contributed by atoms with van der Waals surface area (Å²) in [6.07, 6.45) is 2.75. The van der Waals surface area contributed by atoms with Crippen LogP contribution in [0.1, 0.15) is 31.4 Å². The van der Waals surface area contributed by atoms with Crippen molar-refractivity contribution >= 4 is 0 Å². The minimum absolute atomic E-state index is 0.469. The SMILES string of the molecule is CN[C@@H](c1ccccc1)C(C)CN1CCCC1. The molecule has 1 aromatic rings. The third kappa shape index (κ3) is 3.30. The summed E-state index contributed by atoms with van der Waals surface area (Å²) in [6, 6.07) is 11.3. The lowest BCUT2D eigenvalue weighted by Crippen LogP contribution is -2.33. The van der Waals surface area contributed by atoms with Crippen LogP contribution >= 0.6 is 0 Å². The number of likely N-dealkylation sites (tertiary alicyclic amines) is 1. The lowest BCUT2D eigenvalue weighted by molar-refractivity contribution is 0.252. The van der Waals surface area contributed by atoms with Crippen molar-refractivity contribution in [1.29, 1.82) is 0 Å². The van der Waals surface area contributed by atoms with Gasteiger partial charge in [-0.3, -0.25) is 0 Å². The molecule has 1 N–H and O–H groups in total. The molecule has 0 aromatic heterocycles. The predicted molar refractivity (Wildman–Crippen MR) is 73.1 cm³/mol. The van der Waals surface area contributed by atoms with E-state index in [-0.39, 0.29) is 0 Å². The summed E-state index contributed by atoms with van der Waals surface area (Å²) in [5, 5.41) is 3.47. The average molecular weight is 232 g/mol. The molecule has 17 heavy (non-hydrogen) atoms. The predicted octanol–water partition coefficient (Wildman–Crippen LogP) is 2.68. The molecule has 1 aliphatic heterocycles. The first-order valence-corrected chi connectivity index (χ1v) is 6.76. The van der Waals surface area contributed by atoms with Gasteiger partial charge in [0.15, 0.2) is 0 Å². The maximum atomic E-state index is 3.47. The quantitative estimate of drug-likeness (QED) is 0.839. The standard InChI is InChI=1S/C15H24N2/c1-13(12-17-10-6-7-11-17)15(16-2)14-8-4-3-5-9-14/h3-5,8-9,13,15-16H,6-7,10-12H2,1-2H3/t13?,15-/m1/s1. The van der Waals surface area contributed by atoms with E-state index in [1.165, 1.54) is 38.0 Å². The van der Waals surface area contributed by atoms with Crippen LogP contribution in [-0.2, 0) is 0 Å². The summed E-state index contributed by atoms with van der Waals surface area (Å²) in [4.78, 5) is 2.60. The highest BCUT2D eigenvalue weighted by Gasteiger charge is 2.21. The van der Waals surface area contributed by atoms with Crippen molar-refractivity contribution in [2.24, 2.45) is 5.92 Å². The van der Waals surface area contributed by atoms with Gasteiger partial charge >= 0.3 is 0 Å². The summed E-state index contributed by atoms with van der Waals surface area (Å²) < 4.78 is 0. The Hall–Kier alpha value is -0.860. The van der Waals surface area contributed by atoms with Crippen LogP contribution < -0.4 is 5.32 Å². The van der Waals surface area contributed by atoms with E-state index in [1.54, 1.807) is 0 Å². The van der Waals surface area contributed by atoms with Crippen LogP contribution in [0, 0.1) is 5.92 Å². The average Bonchev–Trinajstić information content (AvgIpc) is 2.84. The Labute approximate surface area is 105 Å². The largest absolute Gasteiger partial charge is 0.313 e. The van der Waals surface area contributed by atoms with Gasteiger partial charge in [-0.05, 0) is 44.5 Å². The Kier molecular flexibility index (Phi) is 4.57. The molecule has 0 spiro atoms. The van der Waals surface area contributed by atoms with Gasteiger partial charge in [-0.15, -0.1) is 0 Å². The second kappa shape index (κ2) is 6.18. The van der Waals surface area contributed by atoms with Gasteiger partial charge in [0.25, 0.3) is 0 Å². The van der Waals surface area contributed by atoms with Crippen LogP contribution in [0.4, 0.5) is 0 Å². The molecule has 1 heterocycles. The highest BCUT2D eigenvalue weighted by atomic mass is 15.1. The van der Waals surface area contributed by atoms with Gasteiger partial charge in [0, 0.05) is 12.6 Å². The van der Waals surface area contributed by atoms with E-state index in [9.17, 15) is 0 Å². The monoisotopic (exact) mass is 232 g/mol. The molecule has 0 aliphatic carbocycles. The van der Waals surface area contributed by atoms with Crippen LogP contribution in [0.15, 0.2) is 30.3 Å². The zero-order valence-electron chi connectivity index (χ0n) is 11.0. The smallest absolute Gasteiger partial charge is 0.0355 e. The minimum atomic E-state index is 0.469. The second-order valence-corrected chi connectivity index (χ2v) is 5.16. The number of nitrogens with one attached hydrogen (secondary N) is 1. The van der Waals surface area contributed by atoms with Gasteiger partial charge in [0.1, 0.15) is 0 Å². The lowest BCUT2D eigenvalue weighted by atomic mass is 9.94. The maximum absolute atomic E-state index is 3.47. The van der Waals surface area contributed by atoms with E-state index >= 15 is 0 Å². The molecule has 2 rings (SSSR count). The second-order valence-electron chi connectivity index (χ2n) is 5.16. The topological polar surface area (TPSA) is 15.3 Å². The number of hydrogen-bond donors (Lipinski definition) is 1. The van der Waals surface area contributed by atoms with Crippen molar-refractivity contribution in [2.75, 3.05) is 26.7 Å². The molecule has 1 aromatic carbocycles. The Morgan fingerprint density at radius 1 is 1.18 bits per heavy atom. The fourth-order valence-electron chi connectivity index (χ4n) is 2.92. The summed E-state index contributed by atoms with van der Waals surface area (Å²) in [7, 11) is 2.07. The molecule has 1 saturated heterocycles. The molecule has 1 unspecified atom stereocenters. The molecule has 0 radical (unpaired) electrons. The summed E-state index contributed by atoms with van der Waals surface area (Å²) in [5.41, 5.74) is 1.40. The fraction of sp³-hybridized carbons (Fsp3) is 0.600. The van der Waals surface area contributed by atoms with Gasteiger partial charge in [-0.25, -0.2) is 0 Å². The number of benzene rings is 1. The van der Waals surface area contributed by atoms with E-state index in [0.29, 0.717) is 12.0 Å². The first-order chi connectivity index (χ1) is 8.31. The lowest BCUT2D eigenvalue weighted by Gasteiger charge is -2.28.